The van der Waals surface area contributed by atoms with E-state index >= 15 is 0 Å². The smallest absolute Gasteiger partial charge is 0.166 e. The fourth-order valence-electron chi connectivity index (χ4n) is 1.75. The Bertz CT molecular complexity index is 742. The van der Waals surface area contributed by atoms with Crippen molar-refractivity contribution in [3.05, 3.63) is 53.1 Å². The quantitative estimate of drug-likeness (QED) is 0.882. The van der Waals surface area contributed by atoms with Crippen molar-refractivity contribution in [2.24, 2.45) is 10.7 Å². The van der Waals surface area contributed by atoms with Gasteiger partial charge in [-0.05, 0) is 12.1 Å². The summed E-state index contributed by atoms with van der Waals surface area (Å²) in [4.78, 5) is 12.5. The van der Waals surface area contributed by atoms with Crippen molar-refractivity contribution in [1.82, 2.24) is 9.97 Å². The van der Waals surface area contributed by atoms with Crippen LogP contribution in [0.5, 0.6) is 0 Å². The monoisotopic (exact) mass is 297 g/mol. The topological polar surface area (TPSA) is 87.9 Å². The van der Waals surface area contributed by atoms with Gasteiger partial charge in [0, 0.05) is 35.6 Å². The Morgan fingerprint density at radius 2 is 2.10 bits per heavy atom. The molecule has 5 nitrogen and oxygen atoms in total. The molecule has 0 fully saturated rings. The van der Waals surface area contributed by atoms with Crippen LogP contribution in [0.15, 0.2) is 41.7 Å². The lowest BCUT2D eigenvalue weighted by Gasteiger charge is -2.06. The fraction of sp³-hybridized carbons (Fsp3) is 0.0667. The molecule has 6 heteroatoms. The van der Waals surface area contributed by atoms with Gasteiger partial charge in [0.1, 0.15) is 11.8 Å². The van der Waals surface area contributed by atoms with Crippen LogP contribution in [0.2, 0.25) is 5.02 Å². The zero-order valence-corrected chi connectivity index (χ0v) is 12.0. The summed E-state index contributed by atoms with van der Waals surface area (Å²) in [6.45, 7) is 0. The van der Waals surface area contributed by atoms with Gasteiger partial charge in [-0.1, -0.05) is 23.7 Å². The van der Waals surface area contributed by atoms with E-state index in [1.165, 1.54) is 12.4 Å². The van der Waals surface area contributed by atoms with Gasteiger partial charge in [0.2, 0.25) is 0 Å². The van der Waals surface area contributed by atoms with Crippen LogP contribution in [0, 0.1) is 11.3 Å². The Labute approximate surface area is 127 Å². The van der Waals surface area contributed by atoms with Crippen LogP contribution in [-0.2, 0) is 0 Å². The summed E-state index contributed by atoms with van der Waals surface area (Å²) in [7, 11) is 1.62. The van der Waals surface area contributed by atoms with Crippen LogP contribution < -0.4 is 5.73 Å². The van der Waals surface area contributed by atoms with E-state index in [1.54, 1.807) is 25.4 Å². The number of nitrogens with two attached hydrogens (primary N) is 1. The molecule has 0 aliphatic heterocycles. The number of nitriles is 1. The third-order valence-corrected chi connectivity index (χ3v) is 2.99. The Balaban J connectivity index is 2.57. The summed E-state index contributed by atoms with van der Waals surface area (Å²) in [6.07, 6.45) is 4.43. The third kappa shape index (κ3) is 3.25. The Kier molecular flexibility index (Phi) is 4.64. The third-order valence-electron chi connectivity index (χ3n) is 2.74. The Morgan fingerprint density at radius 1 is 1.38 bits per heavy atom. The number of hydrogen-bond donors (Lipinski definition) is 1. The molecule has 1 aromatic heterocycles. The molecule has 21 heavy (non-hydrogen) atoms. The number of hydrogen-bond acceptors (Lipinski definition) is 5. The summed E-state index contributed by atoms with van der Waals surface area (Å²) < 4.78 is 0. The summed E-state index contributed by atoms with van der Waals surface area (Å²) >= 11 is 5.87. The van der Waals surface area contributed by atoms with Gasteiger partial charge >= 0.3 is 0 Å². The number of aliphatic imine (C=N–C) groups is 1. The van der Waals surface area contributed by atoms with E-state index in [2.05, 4.69) is 15.0 Å². The maximum absolute atomic E-state index is 9.15. The summed E-state index contributed by atoms with van der Waals surface area (Å²) in [5.41, 5.74) is 8.19. The molecule has 104 valence electrons. The minimum atomic E-state index is 0.198. The molecular weight excluding hydrogens is 286 g/mol. The highest BCUT2D eigenvalue weighted by atomic mass is 35.5. The van der Waals surface area contributed by atoms with E-state index in [1.807, 2.05) is 18.2 Å². The van der Waals surface area contributed by atoms with Crippen molar-refractivity contribution in [2.75, 3.05) is 7.05 Å². The SMILES string of the molecule is CN=CC(=CN)c1nc(-c2ccc(Cl)cc2)cnc1C#N. The lowest BCUT2D eigenvalue weighted by molar-refractivity contribution is 1.14. The molecule has 0 bridgehead atoms. The number of rotatable bonds is 3. The molecule has 2 N–H and O–H groups in total. The average Bonchev–Trinajstić information content (AvgIpc) is 2.53. The average molecular weight is 298 g/mol. The lowest BCUT2D eigenvalue weighted by Crippen LogP contribution is -2.02. The standard InChI is InChI=1S/C15H12ClN5/c1-19-8-11(6-17)15-13(7-18)20-9-14(21-15)10-2-4-12(16)5-3-10/h2-6,8-9H,17H2,1H3. The van der Waals surface area contributed by atoms with Gasteiger partial charge in [-0.3, -0.25) is 4.99 Å². The summed E-state index contributed by atoms with van der Waals surface area (Å²) in [5.74, 6) is 0. The van der Waals surface area contributed by atoms with Crippen LogP contribution >= 0.6 is 11.6 Å². The molecule has 0 spiro atoms. The molecule has 1 heterocycles. The molecule has 0 aliphatic rings. The first-order valence-corrected chi connectivity index (χ1v) is 6.45. The van der Waals surface area contributed by atoms with Gasteiger partial charge in [0.25, 0.3) is 0 Å². The number of nitrogens with zero attached hydrogens (tertiary/aromatic N) is 4. The van der Waals surface area contributed by atoms with Crippen molar-refractivity contribution >= 4 is 23.4 Å². The minimum Gasteiger partial charge on any atom is -0.404 e. The van der Waals surface area contributed by atoms with Crippen LogP contribution in [0.25, 0.3) is 16.8 Å². The summed E-state index contributed by atoms with van der Waals surface area (Å²) in [6, 6.07) is 9.21. The predicted octanol–water partition coefficient (Wildman–Crippen LogP) is 2.67. The molecular formula is C15H12ClN5. The first-order valence-electron chi connectivity index (χ1n) is 6.07. The Hall–Kier alpha value is -2.71. The van der Waals surface area contributed by atoms with Gasteiger partial charge in [-0.15, -0.1) is 0 Å². The predicted molar refractivity (Wildman–Crippen MR) is 83.8 cm³/mol. The molecule has 0 saturated heterocycles. The maximum Gasteiger partial charge on any atom is 0.166 e. The molecule has 0 aliphatic carbocycles. The minimum absolute atomic E-state index is 0.198. The largest absolute Gasteiger partial charge is 0.404 e. The van der Waals surface area contributed by atoms with E-state index in [9.17, 15) is 0 Å². The Morgan fingerprint density at radius 3 is 2.67 bits per heavy atom. The first kappa shape index (κ1) is 14.7. The summed E-state index contributed by atoms with van der Waals surface area (Å²) in [5, 5.41) is 9.79. The number of benzene rings is 1. The molecule has 0 radical (unpaired) electrons. The number of halogens is 1. The van der Waals surface area contributed by atoms with Crippen LogP contribution in [0.1, 0.15) is 11.4 Å². The van der Waals surface area contributed by atoms with Crippen LogP contribution in [-0.4, -0.2) is 23.2 Å². The highest BCUT2D eigenvalue weighted by molar-refractivity contribution is 6.30. The van der Waals surface area contributed by atoms with E-state index in [4.69, 9.17) is 22.6 Å². The van der Waals surface area contributed by atoms with E-state index in [0.717, 1.165) is 5.56 Å². The van der Waals surface area contributed by atoms with Crippen molar-refractivity contribution in [1.29, 1.82) is 5.26 Å². The van der Waals surface area contributed by atoms with E-state index in [0.29, 0.717) is 22.0 Å². The molecule has 0 atom stereocenters. The molecule has 0 unspecified atom stereocenters. The van der Waals surface area contributed by atoms with Crippen LogP contribution in [0.4, 0.5) is 0 Å². The van der Waals surface area contributed by atoms with E-state index < -0.39 is 0 Å². The van der Waals surface area contributed by atoms with Gasteiger partial charge in [0.05, 0.1) is 11.9 Å². The van der Waals surface area contributed by atoms with E-state index in [-0.39, 0.29) is 5.69 Å². The van der Waals surface area contributed by atoms with Crippen molar-refractivity contribution in [3.63, 3.8) is 0 Å². The molecule has 2 rings (SSSR count). The zero-order chi connectivity index (χ0) is 15.2. The first-order chi connectivity index (χ1) is 10.2. The van der Waals surface area contributed by atoms with Gasteiger partial charge in [0.15, 0.2) is 5.69 Å². The van der Waals surface area contributed by atoms with Crippen molar-refractivity contribution in [3.8, 4) is 17.3 Å². The highest BCUT2D eigenvalue weighted by Gasteiger charge is 2.11. The van der Waals surface area contributed by atoms with Crippen molar-refractivity contribution in [2.45, 2.75) is 0 Å². The highest BCUT2D eigenvalue weighted by Crippen LogP contribution is 2.22. The van der Waals surface area contributed by atoms with Gasteiger partial charge < -0.3 is 5.73 Å². The second-order valence-electron chi connectivity index (χ2n) is 4.08. The van der Waals surface area contributed by atoms with Crippen LogP contribution in [0.3, 0.4) is 0 Å². The fourth-order valence-corrected chi connectivity index (χ4v) is 1.88. The second-order valence-corrected chi connectivity index (χ2v) is 4.52. The molecule has 0 saturated carbocycles. The normalized spacial score (nSPS) is 11.6. The van der Waals surface area contributed by atoms with Gasteiger partial charge in [-0.2, -0.15) is 5.26 Å². The lowest BCUT2D eigenvalue weighted by atomic mass is 10.1. The molecule has 0 amide bonds. The van der Waals surface area contributed by atoms with Crippen molar-refractivity contribution < 1.29 is 0 Å². The maximum atomic E-state index is 9.15. The second kappa shape index (κ2) is 6.64. The molecule has 1 aromatic carbocycles. The molecule has 2 aromatic rings. The number of aromatic nitrogens is 2. The zero-order valence-electron chi connectivity index (χ0n) is 11.3. The van der Waals surface area contributed by atoms with Gasteiger partial charge in [-0.25, -0.2) is 9.97 Å². The number of allylic oxidation sites excluding steroid dienone is 1.